The number of nitrogens with one attached hydrogen (secondary N) is 1. The van der Waals surface area contributed by atoms with E-state index in [0.717, 1.165) is 34.2 Å². The van der Waals surface area contributed by atoms with E-state index in [0.29, 0.717) is 30.7 Å². The van der Waals surface area contributed by atoms with Gasteiger partial charge in [0.1, 0.15) is 0 Å². The molecule has 0 aliphatic rings. The van der Waals surface area contributed by atoms with Gasteiger partial charge in [0.2, 0.25) is 0 Å². The maximum absolute atomic E-state index is 13.3. The molecule has 6 heteroatoms. The van der Waals surface area contributed by atoms with Gasteiger partial charge >= 0.3 is 5.97 Å². The molecule has 0 fully saturated rings. The van der Waals surface area contributed by atoms with Crippen molar-refractivity contribution in [1.82, 2.24) is 5.32 Å². The quantitative estimate of drug-likeness (QED) is 0.273. The Bertz CT molecular complexity index is 1220. The Morgan fingerprint density at radius 3 is 2.22 bits per heavy atom. The number of benzene rings is 3. The molecule has 3 aromatic carbocycles. The van der Waals surface area contributed by atoms with Crippen LogP contribution in [0.2, 0.25) is 0 Å². The molecule has 1 atom stereocenters. The summed E-state index contributed by atoms with van der Waals surface area (Å²) in [6.07, 6.45) is 1.30. The number of carboxylic acids is 1. The zero-order chi connectivity index (χ0) is 26.8. The van der Waals surface area contributed by atoms with E-state index in [-0.39, 0.29) is 30.6 Å². The van der Waals surface area contributed by atoms with Crippen LogP contribution in [0.25, 0.3) is 22.3 Å². The molecule has 0 spiro atoms. The van der Waals surface area contributed by atoms with Crippen molar-refractivity contribution in [1.29, 1.82) is 0 Å². The monoisotopic (exact) mass is 501 g/mol. The summed E-state index contributed by atoms with van der Waals surface area (Å²) in [5.41, 5.74) is 5.95. The number of carbonyl (C=O) groups excluding carboxylic acids is 2. The second-order valence-corrected chi connectivity index (χ2v) is 8.94. The van der Waals surface area contributed by atoms with Crippen LogP contribution in [0.3, 0.4) is 0 Å². The largest absolute Gasteiger partial charge is 0.481 e. The molecule has 0 heterocycles. The van der Waals surface area contributed by atoms with Gasteiger partial charge < -0.3 is 15.2 Å². The van der Waals surface area contributed by atoms with Crippen LogP contribution in [0.1, 0.15) is 66.3 Å². The number of carboxylic acid groups (broad SMARTS) is 1. The number of rotatable bonds is 13. The number of ether oxygens (including phenoxy) is 1. The van der Waals surface area contributed by atoms with Gasteiger partial charge in [-0.25, -0.2) is 0 Å². The van der Waals surface area contributed by atoms with Gasteiger partial charge in [-0.05, 0) is 60.6 Å². The zero-order valence-corrected chi connectivity index (χ0v) is 21.8. The molecule has 0 saturated heterocycles. The molecule has 6 nitrogen and oxygen atoms in total. The van der Waals surface area contributed by atoms with Crippen molar-refractivity contribution in [2.24, 2.45) is 0 Å². The van der Waals surface area contributed by atoms with E-state index in [4.69, 9.17) is 9.84 Å². The summed E-state index contributed by atoms with van der Waals surface area (Å²) in [6, 6.07) is 21.0. The average Bonchev–Trinajstić information content (AvgIpc) is 2.91. The summed E-state index contributed by atoms with van der Waals surface area (Å²) in [7, 11) is 0. The van der Waals surface area contributed by atoms with Gasteiger partial charge in [-0.2, -0.15) is 0 Å². The summed E-state index contributed by atoms with van der Waals surface area (Å²) in [5, 5.41) is 11.9. The Balaban J connectivity index is 1.96. The average molecular weight is 502 g/mol. The first kappa shape index (κ1) is 27.8. The number of Topliss-reactive ketones (excluding diaryl/α,β-unsaturated/α-hetero) is 1. The Hall–Kier alpha value is -3.77. The summed E-state index contributed by atoms with van der Waals surface area (Å²) >= 11 is 0. The molecular weight excluding hydrogens is 466 g/mol. The lowest BCUT2D eigenvalue weighted by Crippen LogP contribution is -2.28. The molecular formula is C31H35NO5. The van der Waals surface area contributed by atoms with Gasteiger partial charge in [0, 0.05) is 30.7 Å². The van der Waals surface area contributed by atoms with Crippen molar-refractivity contribution >= 4 is 17.7 Å². The lowest BCUT2D eigenvalue weighted by molar-refractivity contribution is -0.136. The molecule has 37 heavy (non-hydrogen) atoms. The first-order chi connectivity index (χ1) is 17.8. The highest BCUT2D eigenvalue weighted by molar-refractivity contribution is 6.03. The highest BCUT2D eigenvalue weighted by Gasteiger charge is 2.20. The standard InChI is InChI=1S/C31H35NO5/c1-4-25-26(22-11-13-23(14-12-22)28(33)17-18-29(34)35)15-16-27(30(25)24-9-7-6-8-10-24)31(36)32-20-19-21(3)37-5-2/h6-16,21H,4-5,17-20H2,1-3H3,(H,32,36)(H,34,35). The smallest absolute Gasteiger partial charge is 0.303 e. The number of carbonyl (C=O) groups is 3. The summed E-state index contributed by atoms with van der Waals surface area (Å²) in [5.74, 6) is -1.30. The van der Waals surface area contributed by atoms with Gasteiger partial charge in [0.25, 0.3) is 5.91 Å². The molecule has 1 amide bonds. The summed E-state index contributed by atoms with van der Waals surface area (Å²) in [6.45, 7) is 7.20. The topological polar surface area (TPSA) is 92.7 Å². The fourth-order valence-electron chi connectivity index (χ4n) is 4.46. The first-order valence-electron chi connectivity index (χ1n) is 12.8. The third-order valence-corrected chi connectivity index (χ3v) is 6.34. The molecule has 0 radical (unpaired) electrons. The third kappa shape index (κ3) is 7.37. The zero-order valence-electron chi connectivity index (χ0n) is 21.8. The van der Waals surface area contributed by atoms with Gasteiger partial charge in [0.05, 0.1) is 12.5 Å². The van der Waals surface area contributed by atoms with Crippen molar-refractivity contribution < 1.29 is 24.2 Å². The van der Waals surface area contributed by atoms with Crippen LogP contribution in [0.5, 0.6) is 0 Å². The van der Waals surface area contributed by atoms with Gasteiger partial charge in [0.15, 0.2) is 5.78 Å². The predicted molar refractivity (Wildman–Crippen MR) is 146 cm³/mol. The van der Waals surface area contributed by atoms with E-state index < -0.39 is 5.97 Å². The minimum Gasteiger partial charge on any atom is -0.481 e. The predicted octanol–water partition coefficient (Wildman–Crippen LogP) is 6.18. The van der Waals surface area contributed by atoms with Crippen LogP contribution in [-0.2, 0) is 16.0 Å². The Labute approximate surface area is 218 Å². The van der Waals surface area contributed by atoms with Crippen molar-refractivity contribution in [3.63, 3.8) is 0 Å². The number of aliphatic carboxylic acids is 1. The van der Waals surface area contributed by atoms with E-state index in [2.05, 4.69) is 12.2 Å². The molecule has 0 aliphatic heterocycles. The Morgan fingerprint density at radius 1 is 0.892 bits per heavy atom. The van der Waals surface area contributed by atoms with E-state index in [9.17, 15) is 14.4 Å². The lowest BCUT2D eigenvalue weighted by Gasteiger charge is -2.19. The summed E-state index contributed by atoms with van der Waals surface area (Å²) in [4.78, 5) is 36.4. The fraction of sp³-hybridized carbons (Fsp3) is 0.323. The molecule has 194 valence electrons. The molecule has 3 aromatic rings. The van der Waals surface area contributed by atoms with Crippen molar-refractivity contribution in [3.8, 4) is 22.3 Å². The van der Waals surface area contributed by atoms with Crippen molar-refractivity contribution in [3.05, 3.63) is 83.4 Å². The van der Waals surface area contributed by atoms with Crippen LogP contribution in [0.4, 0.5) is 0 Å². The van der Waals surface area contributed by atoms with Crippen LogP contribution >= 0.6 is 0 Å². The van der Waals surface area contributed by atoms with Crippen molar-refractivity contribution in [2.75, 3.05) is 13.2 Å². The highest BCUT2D eigenvalue weighted by Crippen LogP contribution is 2.36. The molecule has 0 aliphatic carbocycles. The SMILES string of the molecule is CCOC(C)CCNC(=O)c1ccc(-c2ccc(C(=O)CCC(=O)O)cc2)c(CC)c1-c1ccccc1. The normalized spacial score (nSPS) is 11.6. The van der Waals surface area contributed by atoms with Crippen LogP contribution in [0, 0.1) is 0 Å². The minimum atomic E-state index is -0.987. The minimum absolute atomic E-state index is 0.0276. The van der Waals surface area contributed by atoms with Crippen LogP contribution in [0.15, 0.2) is 66.7 Å². The number of ketones is 1. The van der Waals surface area contributed by atoms with Gasteiger partial charge in [-0.3, -0.25) is 14.4 Å². The number of hydrogen-bond donors (Lipinski definition) is 2. The molecule has 2 N–H and O–H groups in total. The molecule has 0 aromatic heterocycles. The Morgan fingerprint density at radius 2 is 1.59 bits per heavy atom. The van der Waals surface area contributed by atoms with E-state index >= 15 is 0 Å². The molecule has 0 bridgehead atoms. The first-order valence-corrected chi connectivity index (χ1v) is 12.8. The maximum atomic E-state index is 13.3. The highest BCUT2D eigenvalue weighted by atomic mass is 16.5. The van der Waals surface area contributed by atoms with Crippen molar-refractivity contribution in [2.45, 2.75) is 52.6 Å². The second-order valence-electron chi connectivity index (χ2n) is 8.94. The number of hydrogen-bond acceptors (Lipinski definition) is 4. The van der Waals surface area contributed by atoms with Gasteiger partial charge in [-0.1, -0.05) is 67.6 Å². The Kier molecular flexibility index (Phi) is 10.2. The fourth-order valence-corrected chi connectivity index (χ4v) is 4.46. The maximum Gasteiger partial charge on any atom is 0.303 e. The molecule has 0 saturated carbocycles. The molecule has 1 unspecified atom stereocenters. The van der Waals surface area contributed by atoms with E-state index in [1.807, 2.05) is 68.4 Å². The van der Waals surface area contributed by atoms with Crippen LogP contribution < -0.4 is 5.32 Å². The van der Waals surface area contributed by atoms with E-state index in [1.165, 1.54) is 0 Å². The molecule has 3 rings (SSSR count). The second kappa shape index (κ2) is 13.5. The van der Waals surface area contributed by atoms with E-state index in [1.54, 1.807) is 12.1 Å². The third-order valence-electron chi connectivity index (χ3n) is 6.34. The lowest BCUT2D eigenvalue weighted by atomic mass is 9.86. The number of amides is 1. The van der Waals surface area contributed by atoms with Crippen LogP contribution in [-0.4, -0.2) is 42.0 Å². The summed E-state index contributed by atoms with van der Waals surface area (Å²) < 4.78 is 5.57. The van der Waals surface area contributed by atoms with Gasteiger partial charge in [-0.15, -0.1) is 0 Å².